The lowest BCUT2D eigenvalue weighted by Gasteiger charge is -2.29. The number of carbonyl (C=O) groups excluding carboxylic acids is 3. The summed E-state index contributed by atoms with van der Waals surface area (Å²) in [5.41, 5.74) is 0. The number of hydrogen-bond donors (Lipinski definition) is 0. The van der Waals surface area contributed by atoms with Gasteiger partial charge in [0.15, 0.2) is 0 Å². The first-order valence-electron chi connectivity index (χ1n) is 4.70. The fourth-order valence-electron chi connectivity index (χ4n) is 0.989. The summed E-state index contributed by atoms with van der Waals surface area (Å²) in [6, 6.07) is 0. The summed E-state index contributed by atoms with van der Waals surface area (Å²) in [6.07, 6.45) is -13.3. The molecule has 0 aliphatic carbocycles. The van der Waals surface area contributed by atoms with Crippen LogP contribution in [0.1, 0.15) is 20.8 Å². The smallest absolute Gasteiger partial charge is 0.441 e. The van der Waals surface area contributed by atoms with E-state index < -0.39 is 36.2 Å². The first-order chi connectivity index (χ1) is 8.38. The molecular formula is C9H10F4O6. The van der Waals surface area contributed by atoms with Gasteiger partial charge in [0.1, 0.15) is 0 Å². The Morgan fingerprint density at radius 3 is 1.32 bits per heavy atom. The number of hydrogen-bond acceptors (Lipinski definition) is 6. The van der Waals surface area contributed by atoms with Gasteiger partial charge in [-0.15, -0.1) is 0 Å². The molecule has 0 aliphatic rings. The number of rotatable bonds is 5. The molecule has 0 aromatic heterocycles. The largest absolute Gasteiger partial charge is 0.448 e. The second kappa shape index (κ2) is 5.85. The number of halogens is 4. The Bertz CT molecular complexity index is 353. The van der Waals surface area contributed by atoms with Gasteiger partial charge in [0.25, 0.3) is 0 Å². The third-order valence-corrected chi connectivity index (χ3v) is 1.45. The number of carbonyl (C=O) groups is 3. The minimum Gasteiger partial charge on any atom is -0.441 e. The maximum absolute atomic E-state index is 13.3. The van der Waals surface area contributed by atoms with Crippen LogP contribution in [0, 0.1) is 0 Å². The highest BCUT2D eigenvalue weighted by atomic mass is 19.3. The fourth-order valence-corrected chi connectivity index (χ4v) is 0.989. The van der Waals surface area contributed by atoms with Gasteiger partial charge in [0, 0.05) is 20.8 Å². The Labute approximate surface area is 104 Å². The van der Waals surface area contributed by atoms with Crippen LogP contribution >= 0.6 is 0 Å². The van der Waals surface area contributed by atoms with Gasteiger partial charge < -0.3 is 14.2 Å². The number of alkyl halides is 4. The first-order valence-corrected chi connectivity index (χ1v) is 4.70. The van der Waals surface area contributed by atoms with E-state index in [1.807, 2.05) is 0 Å². The van der Waals surface area contributed by atoms with Crippen LogP contribution < -0.4 is 0 Å². The van der Waals surface area contributed by atoms with E-state index in [4.69, 9.17) is 0 Å². The van der Waals surface area contributed by atoms with Gasteiger partial charge in [-0.1, -0.05) is 0 Å². The first kappa shape index (κ1) is 17.1. The molecule has 0 heterocycles. The minimum atomic E-state index is -4.88. The predicted octanol–water partition coefficient (Wildman–Crippen LogP) is 1.23. The Morgan fingerprint density at radius 1 is 0.789 bits per heavy atom. The van der Waals surface area contributed by atoms with E-state index >= 15 is 0 Å². The highest BCUT2D eigenvalue weighted by Gasteiger charge is 2.63. The average Bonchev–Trinajstić information content (AvgIpc) is 2.08. The lowest BCUT2D eigenvalue weighted by Crippen LogP contribution is -2.53. The van der Waals surface area contributed by atoms with Gasteiger partial charge in [0.05, 0.1) is 0 Å². The molecule has 0 saturated carbocycles. The SMILES string of the molecule is CC(=O)OC(C(F)(F)OC(C)=O)C(F)(F)OC(C)=O. The minimum absolute atomic E-state index is 0.530. The van der Waals surface area contributed by atoms with Crippen molar-refractivity contribution < 1.29 is 46.2 Å². The zero-order valence-electron chi connectivity index (χ0n) is 10.0. The Hall–Kier alpha value is -1.87. The topological polar surface area (TPSA) is 78.9 Å². The molecular weight excluding hydrogens is 280 g/mol. The van der Waals surface area contributed by atoms with Crippen molar-refractivity contribution >= 4 is 17.9 Å². The van der Waals surface area contributed by atoms with Crippen LogP contribution in [0.15, 0.2) is 0 Å². The maximum Gasteiger partial charge on any atom is 0.448 e. The van der Waals surface area contributed by atoms with E-state index in [2.05, 4.69) is 14.2 Å². The van der Waals surface area contributed by atoms with E-state index in [0.29, 0.717) is 20.8 Å². The molecule has 0 amide bonds. The molecule has 0 aromatic rings. The van der Waals surface area contributed by atoms with Crippen LogP contribution in [0.5, 0.6) is 0 Å². The molecule has 10 heteroatoms. The molecule has 0 unspecified atom stereocenters. The molecule has 0 N–H and O–H groups in total. The molecule has 110 valence electrons. The Kier molecular flexibility index (Phi) is 5.27. The molecule has 6 nitrogen and oxygen atoms in total. The summed E-state index contributed by atoms with van der Waals surface area (Å²) >= 11 is 0. The van der Waals surface area contributed by atoms with Crippen LogP contribution in [0.2, 0.25) is 0 Å². The Balaban J connectivity index is 5.35. The highest BCUT2D eigenvalue weighted by molar-refractivity contribution is 5.68. The van der Waals surface area contributed by atoms with Crippen LogP contribution in [-0.2, 0) is 28.6 Å². The quantitative estimate of drug-likeness (QED) is 0.430. The third-order valence-electron chi connectivity index (χ3n) is 1.45. The summed E-state index contributed by atoms with van der Waals surface area (Å²) in [5.74, 6) is -4.70. The summed E-state index contributed by atoms with van der Waals surface area (Å²) in [4.78, 5) is 31.4. The van der Waals surface area contributed by atoms with E-state index in [1.54, 1.807) is 0 Å². The van der Waals surface area contributed by atoms with Crippen LogP contribution in [0.3, 0.4) is 0 Å². The van der Waals surface area contributed by atoms with Crippen LogP contribution in [-0.4, -0.2) is 36.2 Å². The van der Waals surface area contributed by atoms with Crippen molar-refractivity contribution in [3.8, 4) is 0 Å². The zero-order valence-corrected chi connectivity index (χ0v) is 10.0. The lowest BCUT2D eigenvalue weighted by molar-refractivity contribution is -0.363. The lowest BCUT2D eigenvalue weighted by atomic mass is 10.3. The molecule has 0 bridgehead atoms. The summed E-state index contributed by atoms with van der Waals surface area (Å²) in [6.45, 7) is 1.63. The average molecular weight is 290 g/mol. The van der Waals surface area contributed by atoms with Crippen molar-refractivity contribution in [2.75, 3.05) is 0 Å². The molecule has 0 fully saturated rings. The van der Waals surface area contributed by atoms with Gasteiger partial charge >= 0.3 is 36.2 Å². The molecule has 0 saturated heterocycles. The van der Waals surface area contributed by atoms with E-state index in [1.165, 1.54) is 0 Å². The maximum atomic E-state index is 13.3. The highest BCUT2D eigenvalue weighted by Crippen LogP contribution is 2.35. The summed E-state index contributed by atoms with van der Waals surface area (Å²) in [5, 5.41) is 0. The van der Waals surface area contributed by atoms with Crippen LogP contribution in [0.25, 0.3) is 0 Å². The van der Waals surface area contributed by atoms with Crippen molar-refractivity contribution in [1.29, 1.82) is 0 Å². The third kappa shape index (κ3) is 5.53. The predicted molar refractivity (Wildman–Crippen MR) is 49.0 cm³/mol. The van der Waals surface area contributed by atoms with Crippen molar-refractivity contribution in [2.24, 2.45) is 0 Å². The van der Waals surface area contributed by atoms with Crippen LogP contribution in [0.4, 0.5) is 17.6 Å². The number of esters is 3. The molecule has 0 atom stereocenters. The van der Waals surface area contributed by atoms with Gasteiger partial charge in [-0.25, -0.2) is 0 Å². The summed E-state index contributed by atoms with van der Waals surface area (Å²) < 4.78 is 63.4. The molecule has 0 spiro atoms. The van der Waals surface area contributed by atoms with Crippen molar-refractivity contribution in [2.45, 2.75) is 39.1 Å². The second-order valence-electron chi connectivity index (χ2n) is 3.30. The van der Waals surface area contributed by atoms with E-state index in [0.717, 1.165) is 0 Å². The monoisotopic (exact) mass is 290 g/mol. The van der Waals surface area contributed by atoms with E-state index in [-0.39, 0.29) is 0 Å². The van der Waals surface area contributed by atoms with Gasteiger partial charge in [-0.05, 0) is 0 Å². The molecule has 0 aromatic carbocycles. The fraction of sp³-hybridized carbons (Fsp3) is 0.667. The molecule has 0 aliphatic heterocycles. The van der Waals surface area contributed by atoms with Crippen molar-refractivity contribution in [1.82, 2.24) is 0 Å². The number of ether oxygens (including phenoxy) is 3. The summed E-state index contributed by atoms with van der Waals surface area (Å²) in [7, 11) is 0. The van der Waals surface area contributed by atoms with E-state index in [9.17, 15) is 31.9 Å². The molecule has 19 heavy (non-hydrogen) atoms. The second-order valence-corrected chi connectivity index (χ2v) is 3.30. The van der Waals surface area contributed by atoms with Crippen molar-refractivity contribution in [3.05, 3.63) is 0 Å². The van der Waals surface area contributed by atoms with Gasteiger partial charge in [-0.3, -0.25) is 14.4 Å². The zero-order chi connectivity index (χ0) is 15.4. The van der Waals surface area contributed by atoms with Gasteiger partial charge in [0.2, 0.25) is 0 Å². The normalized spacial score (nSPS) is 12.0. The Morgan fingerprint density at radius 2 is 1.11 bits per heavy atom. The van der Waals surface area contributed by atoms with Gasteiger partial charge in [-0.2, -0.15) is 17.6 Å². The van der Waals surface area contributed by atoms with Crippen molar-refractivity contribution in [3.63, 3.8) is 0 Å². The standard InChI is InChI=1S/C9H10F4O6/c1-4(14)17-7(8(10,11)18-5(2)15)9(12,13)19-6(3)16/h7H,1-3H3. The molecule has 0 radical (unpaired) electrons. The molecule has 0 rings (SSSR count).